The lowest BCUT2D eigenvalue weighted by Crippen LogP contribution is -2.39. The third-order valence-corrected chi connectivity index (χ3v) is 4.79. The number of nitrogens with zero attached hydrogens (tertiary/aromatic N) is 2. The Morgan fingerprint density at radius 2 is 2.05 bits per heavy atom. The second kappa shape index (κ2) is 5.94. The molecule has 0 amide bonds. The molecule has 0 saturated carbocycles. The van der Waals surface area contributed by atoms with E-state index in [1.807, 2.05) is 13.0 Å². The SMILES string of the molecule is Cc1noc(C)c1CC(C)NS(=O)(=O)CC(C)(C)C#N. The van der Waals surface area contributed by atoms with Crippen LogP contribution in [-0.2, 0) is 16.4 Å². The first kappa shape index (κ1) is 16.7. The Kier molecular flexibility index (Phi) is 4.95. The van der Waals surface area contributed by atoms with Crippen molar-refractivity contribution in [2.24, 2.45) is 5.41 Å². The van der Waals surface area contributed by atoms with Gasteiger partial charge in [-0.15, -0.1) is 0 Å². The Morgan fingerprint density at radius 1 is 1.45 bits per heavy atom. The Morgan fingerprint density at radius 3 is 2.50 bits per heavy atom. The van der Waals surface area contributed by atoms with Gasteiger partial charge in [-0.2, -0.15) is 5.26 Å². The van der Waals surface area contributed by atoms with Crippen LogP contribution in [0, 0.1) is 30.6 Å². The normalized spacial score (nSPS) is 14.0. The Bertz CT molecular complexity index is 592. The maximum atomic E-state index is 12.0. The summed E-state index contributed by atoms with van der Waals surface area (Å²) in [4.78, 5) is 0. The minimum atomic E-state index is -3.50. The van der Waals surface area contributed by atoms with Crippen LogP contribution in [0.4, 0.5) is 0 Å². The van der Waals surface area contributed by atoms with Crippen molar-refractivity contribution < 1.29 is 12.9 Å². The monoisotopic (exact) mass is 299 g/mol. The van der Waals surface area contributed by atoms with Crippen LogP contribution in [0.25, 0.3) is 0 Å². The average molecular weight is 299 g/mol. The molecule has 0 aliphatic rings. The first-order valence-corrected chi connectivity index (χ1v) is 8.04. The van der Waals surface area contributed by atoms with Gasteiger partial charge in [0.15, 0.2) is 0 Å². The highest BCUT2D eigenvalue weighted by atomic mass is 32.2. The van der Waals surface area contributed by atoms with E-state index in [4.69, 9.17) is 9.78 Å². The van der Waals surface area contributed by atoms with Crippen LogP contribution in [0.15, 0.2) is 4.52 Å². The quantitative estimate of drug-likeness (QED) is 0.862. The molecule has 0 spiro atoms. The number of aromatic nitrogens is 1. The number of hydrogen-bond acceptors (Lipinski definition) is 5. The zero-order valence-corrected chi connectivity index (χ0v) is 13.3. The van der Waals surface area contributed by atoms with Crippen LogP contribution in [0.1, 0.15) is 37.8 Å². The summed E-state index contributed by atoms with van der Waals surface area (Å²) in [6.07, 6.45) is 0.507. The number of nitrogens with one attached hydrogen (secondary N) is 1. The Labute approximate surface area is 120 Å². The molecule has 0 saturated heterocycles. The molecule has 1 N–H and O–H groups in total. The van der Waals surface area contributed by atoms with E-state index in [0.29, 0.717) is 12.2 Å². The highest BCUT2D eigenvalue weighted by Crippen LogP contribution is 2.17. The summed E-state index contributed by atoms with van der Waals surface area (Å²) in [7, 11) is -3.50. The van der Waals surface area contributed by atoms with Crippen LogP contribution in [0.2, 0.25) is 0 Å². The molecule has 0 fully saturated rings. The van der Waals surface area contributed by atoms with E-state index in [0.717, 1.165) is 11.3 Å². The molecule has 7 heteroatoms. The van der Waals surface area contributed by atoms with Gasteiger partial charge in [-0.3, -0.25) is 0 Å². The second-order valence-corrected chi connectivity index (χ2v) is 7.53. The minimum Gasteiger partial charge on any atom is -0.361 e. The number of nitriles is 1. The molecule has 1 rings (SSSR count). The minimum absolute atomic E-state index is 0.220. The van der Waals surface area contributed by atoms with Crippen molar-refractivity contribution in [1.29, 1.82) is 5.26 Å². The predicted molar refractivity (Wildman–Crippen MR) is 75.5 cm³/mol. The fraction of sp³-hybridized carbons (Fsp3) is 0.692. The number of rotatable bonds is 6. The van der Waals surface area contributed by atoms with Gasteiger partial charge >= 0.3 is 0 Å². The number of aryl methyl sites for hydroxylation is 2. The maximum absolute atomic E-state index is 12.0. The summed E-state index contributed by atoms with van der Waals surface area (Å²) in [5.41, 5.74) is 0.778. The van der Waals surface area contributed by atoms with Gasteiger partial charge in [0.25, 0.3) is 0 Å². The molecule has 1 unspecified atom stereocenters. The molecule has 0 aromatic carbocycles. The molecular formula is C13H21N3O3S. The van der Waals surface area contributed by atoms with E-state index < -0.39 is 15.4 Å². The largest absolute Gasteiger partial charge is 0.361 e. The van der Waals surface area contributed by atoms with E-state index in [1.165, 1.54) is 0 Å². The van der Waals surface area contributed by atoms with E-state index in [1.54, 1.807) is 27.7 Å². The molecule has 0 radical (unpaired) electrons. The van der Waals surface area contributed by atoms with Gasteiger partial charge in [0.2, 0.25) is 10.0 Å². The first-order valence-electron chi connectivity index (χ1n) is 6.39. The molecule has 0 aliphatic carbocycles. The molecule has 112 valence electrons. The van der Waals surface area contributed by atoms with Crippen molar-refractivity contribution in [2.45, 2.75) is 47.1 Å². The standard InChI is InChI=1S/C13H21N3O3S/c1-9(6-12-10(2)15-19-11(12)3)16-20(17,18)8-13(4,5)7-14/h9,16H,6,8H2,1-5H3. The molecule has 0 aliphatic heterocycles. The zero-order chi connectivity index (χ0) is 15.6. The fourth-order valence-electron chi connectivity index (χ4n) is 2.00. The molecule has 0 bridgehead atoms. The lowest BCUT2D eigenvalue weighted by Gasteiger charge is -2.19. The molecule has 1 heterocycles. The van der Waals surface area contributed by atoms with Crippen LogP contribution in [0.3, 0.4) is 0 Å². The van der Waals surface area contributed by atoms with Crippen molar-refractivity contribution in [2.75, 3.05) is 5.75 Å². The van der Waals surface area contributed by atoms with Crippen molar-refractivity contribution in [3.05, 3.63) is 17.0 Å². The van der Waals surface area contributed by atoms with Crippen LogP contribution in [0.5, 0.6) is 0 Å². The summed E-state index contributed by atoms with van der Waals surface area (Å²) in [6.45, 7) is 8.61. The lowest BCUT2D eigenvalue weighted by molar-refractivity contribution is 0.391. The fourth-order valence-corrected chi connectivity index (χ4v) is 3.79. The lowest BCUT2D eigenvalue weighted by atomic mass is 10.00. The van der Waals surface area contributed by atoms with E-state index >= 15 is 0 Å². The molecular weight excluding hydrogens is 278 g/mol. The Balaban J connectivity index is 2.72. The van der Waals surface area contributed by atoms with Crippen LogP contribution < -0.4 is 4.72 Å². The molecule has 6 nitrogen and oxygen atoms in total. The highest BCUT2D eigenvalue weighted by molar-refractivity contribution is 7.89. The van der Waals surface area contributed by atoms with Crippen molar-refractivity contribution in [3.8, 4) is 6.07 Å². The van der Waals surface area contributed by atoms with E-state index in [2.05, 4.69) is 9.88 Å². The van der Waals surface area contributed by atoms with Gasteiger partial charge < -0.3 is 4.52 Å². The van der Waals surface area contributed by atoms with Crippen LogP contribution >= 0.6 is 0 Å². The summed E-state index contributed by atoms with van der Waals surface area (Å²) >= 11 is 0. The van der Waals surface area contributed by atoms with Gasteiger partial charge in [-0.25, -0.2) is 13.1 Å². The van der Waals surface area contributed by atoms with Gasteiger partial charge in [-0.1, -0.05) is 5.16 Å². The molecule has 20 heavy (non-hydrogen) atoms. The van der Waals surface area contributed by atoms with Crippen molar-refractivity contribution in [1.82, 2.24) is 9.88 Å². The summed E-state index contributed by atoms with van der Waals surface area (Å²) in [5, 5.41) is 12.8. The van der Waals surface area contributed by atoms with Crippen molar-refractivity contribution in [3.63, 3.8) is 0 Å². The second-order valence-electron chi connectivity index (χ2n) is 5.78. The van der Waals surface area contributed by atoms with E-state index in [9.17, 15) is 8.42 Å². The predicted octanol–water partition coefficient (Wildman–Crippen LogP) is 1.69. The topological polar surface area (TPSA) is 96.0 Å². The van der Waals surface area contributed by atoms with Gasteiger partial charge in [0, 0.05) is 11.6 Å². The maximum Gasteiger partial charge on any atom is 0.213 e. The average Bonchev–Trinajstić information content (AvgIpc) is 2.58. The van der Waals surface area contributed by atoms with Gasteiger partial charge in [0.05, 0.1) is 22.9 Å². The van der Waals surface area contributed by atoms with Gasteiger partial charge in [-0.05, 0) is 41.0 Å². The molecule has 1 aromatic rings. The smallest absolute Gasteiger partial charge is 0.213 e. The Hall–Kier alpha value is -1.39. The molecule has 1 aromatic heterocycles. The third-order valence-electron chi connectivity index (χ3n) is 2.93. The highest BCUT2D eigenvalue weighted by Gasteiger charge is 2.27. The first-order chi connectivity index (χ1) is 9.06. The van der Waals surface area contributed by atoms with Crippen molar-refractivity contribution >= 4 is 10.0 Å². The number of hydrogen-bond donors (Lipinski definition) is 1. The third kappa shape index (κ3) is 4.62. The summed E-state index contributed by atoms with van der Waals surface area (Å²) in [6, 6.07) is 1.70. The molecule has 1 atom stereocenters. The summed E-state index contributed by atoms with van der Waals surface area (Å²) < 4.78 is 31.7. The zero-order valence-electron chi connectivity index (χ0n) is 12.5. The van der Waals surface area contributed by atoms with Gasteiger partial charge in [0.1, 0.15) is 5.76 Å². The van der Waals surface area contributed by atoms with E-state index in [-0.39, 0.29) is 11.8 Å². The number of sulfonamides is 1. The van der Waals surface area contributed by atoms with Crippen LogP contribution in [-0.4, -0.2) is 25.4 Å². The summed E-state index contributed by atoms with van der Waals surface area (Å²) in [5.74, 6) is 0.480.